The van der Waals surface area contributed by atoms with Gasteiger partial charge < -0.3 is 10.1 Å². The predicted octanol–water partition coefficient (Wildman–Crippen LogP) is 3.32. The van der Waals surface area contributed by atoms with Crippen LogP contribution in [0.2, 0.25) is 0 Å². The molecule has 1 N–H and O–H groups in total. The molecule has 2 rings (SSSR count). The second-order valence-electron chi connectivity index (χ2n) is 5.33. The van der Waals surface area contributed by atoms with E-state index in [2.05, 4.69) is 24.4 Å². The normalized spacial score (nSPS) is 11.6. The third-order valence-corrected chi connectivity index (χ3v) is 3.67. The number of amides is 1. The molecular formula is C19H21NO3. The van der Waals surface area contributed by atoms with Crippen molar-refractivity contribution in [1.82, 2.24) is 5.32 Å². The topological polar surface area (TPSA) is 55.4 Å². The Bertz CT molecular complexity index is 665. The summed E-state index contributed by atoms with van der Waals surface area (Å²) in [6.07, 6.45) is 1.70. The van der Waals surface area contributed by atoms with Gasteiger partial charge in [0.1, 0.15) is 5.75 Å². The first kappa shape index (κ1) is 16.7. The molecule has 0 heterocycles. The number of rotatable bonds is 7. The number of ether oxygens (including phenoxy) is 1. The number of carbonyl (C=O) groups excluding carboxylic acids is 2. The lowest BCUT2D eigenvalue weighted by molar-refractivity contribution is -0.123. The molecule has 23 heavy (non-hydrogen) atoms. The van der Waals surface area contributed by atoms with Gasteiger partial charge in [-0.05, 0) is 36.6 Å². The minimum Gasteiger partial charge on any atom is -0.483 e. The average molecular weight is 311 g/mol. The van der Waals surface area contributed by atoms with Crippen LogP contribution < -0.4 is 10.1 Å². The first-order chi connectivity index (χ1) is 11.1. The van der Waals surface area contributed by atoms with Crippen molar-refractivity contribution in [3.63, 3.8) is 0 Å². The van der Waals surface area contributed by atoms with Crippen LogP contribution in [0.1, 0.15) is 41.4 Å². The second kappa shape index (κ2) is 8.13. The molecule has 0 radical (unpaired) electrons. The minimum absolute atomic E-state index is 0.0988. The minimum atomic E-state index is -0.224. The molecule has 2 aromatic carbocycles. The molecule has 1 atom stereocenters. The first-order valence-electron chi connectivity index (χ1n) is 7.69. The maximum Gasteiger partial charge on any atom is 0.258 e. The van der Waals surface area contributed by atoms with Gasteiger partial charge in [0.2, 0.25) is 0 Å². The lowest BCUT2D eigenvalue weighted by Gasteiger charge is -2.15. The molecule has 0 saturated carbocycles. The van der Waals surface area contributed by atoms with Gasteiger partial charge in [-0.1, -0.05) is 43.3 Å². The summed E-state index contributed by atoms with van der Waals surface area (Å²) in [5, 5.41) is 2.89. The van der Waals surface area contributed by atoms with Gasteiger partial charge in [0, 0.05) is 0 Å². The molecule has 0 aliphatic carbocycles. The molecule has 0 aliphatic heterocycles. The number of hydrogen-bond donors (Lipinski definition) is 1. The summed E-state index contributed by atoms with van der Waals surface area (Å²) < 4.78 is 5.42. The Labute approximate surface area is 136 Å². The zero-order chi connectivity index (χ0) is 16.7. The van der Waals surface area contributed by atoms with Crippen molar-refractivity contribution in [3.8, 4) is 5.75 Å². The summed E-state index contributed by atoms with van der Waals surface area (Å²) in [5.41, 5.74) is 2.74. The molecule has 4 heteroatoms. The zero-order valence-electron chi connectivity index (χ0n) is 13.4. The standard InChI is InChI=1S/C19H21NO3/c1-3-15-8-10-16(11-9-15)14(2)20-19(22)13-23-18-7-5-4-6-17(18)12-21/h4-12,14H,3,13H2,1-2H3,(H,20,22)/t14-/m1/s1. The van der Waals surface area contributed by atoms with E-state index >= 15 is 0 Å². The monoisotopic (exact) mass is 311 g/mol. The smallest absolute Gasteiger partial charge is 0.258 e. The lowest BCUT2D eigenvalue weighted by Crippen LogP contribution is -2.31. The highest BCUT2D eigenvalue weighted by molar-refractivity contribution is 5.81. The molecule has 0 spiro atoms. The van der Waals surface area contributed by atoms with E-state index in [9.17, 15) is 9.59 Å². The highest BCUT2D eigenvalue weighted by Crippen LogP contribution is 2.16. The molecular weight excluding hydrogens is 290 g/mol. The third kappa shape index (κ3) is 4.68. The van der Waals surface area contributed by atoms with Crippen molar-refractivity contribution in [2.75, 3.05) is 6.61 Å². The highest BCUT2D eigenvalue weighted by Gasteiger charge is 2.11. The number of benzene rings is 2. The number of aldehydes is 1. The van der Waals surface area contributed by atoms with E-state index < -0.39 is 0 Å². The lowest BCUT2D eigenvalue weighted by atomic mass is 10.1. The Morgan fingerprint density at radius 1 is 1.17 bits per heavy atom. The predicted molar refractivity (Wildman–Crippen MR) is 89.7 cm³/mol. The van der Waals surface area contributed by atoms with E-state index in [1.165, 1.54) is 5.56 Å². The summed E-state index contributed by atoms with van der Waals surface area (Å²) in [6.45, 7) is 3.91. The van der Waals surface area contributed by atoms with Crippen LogP contribution in [0.25, 0.3) is 0 Å². The number of aryl methyl sites for hydroxylation is 1. The van der Waals surface area contributed by atoms with E-state index in [0.29, 0.717) is 17.6 Å². The van der Waals surface area contributed by atoms with Gasteiger partial charge >= 0.3 is 0 Å². The van der Waals surface area contributed by atoms with Crippen LogP contribution in [0.4, 0.5) is 0 Å². The molecule has 0 fully saturated rings. The van der Waals surface area contributed by atoms with Gasteiger partial charge in [-0.3, -0.25) is 9.59 Å². The molecule has 4 nitrogen and oxygen atoms in total. The van der Waals surface area contributed by atoms with Crippen LogP contribution in [-0.4, -0.2) is 18.8 Å². The van der Waals surface area contributed by atoms with Crippen molar-refractivity contribution in [2.45, 2.75) is 26.3 Å². The molecule has 0 saturated heterocycles. The van der Waals surface area contributed by atoms with Crippen molar-refractivity contribution < 1.29 is 14.3 Å². The van der Waals surface area contributed by atoms with E-state index in [1.807, 2.05) is 19.1 Å². The second-order valence-corrected chi connectivity index (χ2v) is 5.33. The third-order valence-electron chi connectivity index (χ3n) is 3.67. The van der Waals surface area contributed by atoms with E-state index in [0.717, 1.165) is 12.0 Å². The first-order valence-corrected chi connectivity index (χ1v) is 7.69. The Morgan fingerprint density at radius 3 is 2.52 bits per heavy atom. The Kier molecular flexibility index (Phi) is 5.92. The quantitative estimate of drug-likeness (QED) is 0.798. The molecule has 2 aromatic rings. The summed E-state index contributed by atoms with van der Waals surface area (Å²) >= 11 is 0. The largest absolute Gasteiger partial charge is 0.483 e. The van der Waals surface area contributed by atoms with Crippen LogP contribution in [-0.2, 0) is 11.2 Å². The highest BCUT2D eigenvalue weighted by atomic mass is 16.5. The maximum atomic E-state index is 12.0. The van der Waals surface area contributed by atoms with Crippen LogP contribution >= 0.6 is 0 Å². The summed E-state index contributed by atoms with van der Waals surface area (Å²) in [7, 11) is 0. The Balaban J connectivity index is 1.89. The van der Waals surface area contributed by atoms with Gasteiger partial charge in [0.25, 0.3) is 5.91 Å². The van der Waals surface area contributed by atoms with Crippen LogP contribution in [0.3, 0.4) is 0 Å². The van der Waals surface area contributed by atoms with Crippen molar-refractivity contribution in [1.29, 1.82) is 0 Å². The van der Waals surface area contributed by atoms with Gasteiger partial charge in [-0.15, -0.1) is 0 Å². The number of carbonyl (C=O) groups is 2. The summed E-state index contributed by atoms with van der Waals surface area (Å²) in [6, 6.07) is 14.9. The van der Waals surface area contributed by atoms with E-state index in [4.69, 9.17) is 4.74 Å². The van der Waals surface area contributed by atoms with Gasteiger partial charge in [-0.2, -0.15) is 0 Å². The fourth-order valence-electron chi connectivity index (χ4n) is 2.26. The van der Waals surface area contributed by atoms with Gasteiger partial charge in [0.05, 0.1) is 11.6 Å². The van der Waals surface area contributed by atoms with Gasteiger partial charge in [-0.25, -0.2) is 0 Å². The van der Waals surface area contributed by atoms with Crippen LogP contribution in [0.15, 0.2) is 48.5 Å². The number of para-hydroxylation sites is 1. The number of nitrogens with one attached hydrogen (secondary N) is 1. The van der Waals surface area contributed by atoms with Crippen molar-refractivity contribution in [2.24, 2.45) is 0 Å². The van der Waals surface area contributed by atoms with Crippen molar-refractivity contribution >= 4 is 12.2 Å². The molecule has 1 amide bonds. The van der Waals surface area contributed by atoms with Gasteiger partial charge in [0.15, 0.2) is 12.9 Å². The molecule has 0 aliphatic rings. The molecule has 0 aromatic heterocycles. The summed E-state index contributed by atoms with van der Waals surface area (Å²) in [5.74, 6) is 0.190. The summed E-state index contributed by atoms with van der Waals surface area (Å²) in [4.78, 5) is 22.9. The molecule has 120 valence electrons. The van der Waals surface area contributed by atoms with E-state index in [-0.39, 0.29) is 18.6 Å². The van der Waals surface area contributed by atoms with Crippen LogP contribution in [0, 0.1) is 0 Å². The van der Waals surface area contributed by atoms with Crippen molar-refractivity contribution in [3.05, 3.63) is 65.2 Å². The van der Waals surface area contributed by atoms with Crippen LogP contribution in [0.5, 0.6) is 5.75 Å². The zero-order valence-corrected chi connectivity index (χ0v) is 13.4. The average Bonchev–Trinajstić information content (AvgIpc) is 2.60. The fourth-order valence-corrected chi connectivity index (χ4v) is 2.26. The molecule has 0 unspecified atom stereocenters. The number of hydrogen-bond acceptors (Lipinski definition) is 3. The molecule has 0 bridgehead atoms. The Hall–Kier alpha value is -2.62. The van der Waals surface area contributed by atoms with E-state index in [1.54, 1.807) is 24.3 Å². The Morgan fingerprint density at radius 2 is 1.87 bits per heavy atom. The SMILES string of the molecule is CCc1ccc([C@@H](C)NC(=O)COc2ccccc2C=O)cc1. The fraction of sp³-hybridized carbons (Fsp3) is 0.263. The maximum absolute atomic E-state index is 12.0.